The van der Waals surface area contributed by atoms with Crippen molar-refractivity contribution in [3.63, 3.8) is 0 Å². The fourth-order valence-electron chi connectivity index (χ4n) is 1.31. The van der Waals surface area contributed by atoms with Crippen LogP contribution in [0.15, 0.2) is 0 Å². The Labute approximate surface area is 93.6 Å². The smallest absolute Gasteiger partial charge is 0.324 e. The summed E-state index contributed by atoms with van der Waals surface area (Å²) in [5.41, 5.74) is -0.983. The lowest BCUT2D eigenvalue weighted by Crippen LogP contribution is -2.40. The van der Waals surface area contributed by atoms with Crippen LogP contribution < -0.4 is 5.32 Å². The van der Waals surface area contributed by atoms with E-state index >= 15 is 0 Å². The molecule has 92 valence electrons. The van der Waals surface area contributed by atoms with E-state index < -0.39 is 25.1 Å². The van der Waals surface area contributed by atoms with Crippen molar-refractivity contribution >= 4 is 19.5 Å². The maximum absolute atomic E-state index is 11.8. The van der Waals surface area contributed by atoms with Gasteiger partial charge in [0.15, 0.2) is 0 Å². The molecule has 1 saturated heterocycles. The van der Waals surface area contributed by atoms with Crippen LogP contribution in [0.2, 0.25) is 0 Å². The lowest BCUT2D eigenvalue weighted by molar-refractivity contribution is -0.129. The number of nitrogens with zero attached hydrogens (tertiary/aromatic N) is 1. The number of urea groups is 1. The number of rotatable bonds is 4. The molecule has 3 amide bonds. The highest BCUT2D eigenvalue weighted by Crippen LogP contribution is 2.47. The molecular formula is C8H15N2O5P. The Morgan fingerprint density at radius 1 is 1.31 bits per heavy atom. The molecule has 0 unspecified atom stereocenters. The minimum absolute atomic E-state index is 0.381. The first-order valence-electron chi connectivity index (χ1n) is 4.60. The molecule has 7 nitrogen and oxygen atoms in total. The van der Waals surface area contributed by atoms with Crippen molar-refractivity contribution in [1.82, 2.24) is 10.2 Å². The summed E-state index contributed by atoms with van der Waals surface area (Å²) in [5, 5.41) is 2.47. The largest absolute Gasteiger partial charge is 0.349 e. The lowest BCUT2D eigenvalue weighted by atomic mass is 10.1. The first kappa shape index (κ1) is 13.2. The maximum Gasteiger partial charge on any atom is 0.349 e. The SMILES string of the molecule is COP(=O)(CN1C(=O)NC(C)(C)C1=O)OC. The minimum Gasteiger partial charge on any atom is -0.324 e. The second-order valence-electron chi connectivity index (χ2n) is 3.91. The van der Waals surface area contributed by atoms with Crippen LogP contribution in [0.5, 0.6) is 0 Å². The molecule has 0 aromatic rings. The Bertz CT molecular complexity index is 359. The van der Waals surface area contributed by atoms with Crippen molar-refractivity contribution in [1.29, 1.82) is 0 Å². The Kier molecular flexibility index (Phi) is 3.42. The highest BCUT2D eigenvalue weighted by Gasteiger charge is 2.47. The van der Waals surface area contributed by atoms with Gasteiger partial charge in [0.2, 0.25) is 0 Å². The molecule has 0 radical (unpaired) electrons. The second kappa shape index (κ2) is 4.16. The van der Waals surface area contributed by atoms with E-state index in [1.807, 2.05) is 0 Å². The highest BCUT2D eigenvalue weighted by molar-refractivity contribution is 7.53. The van der Waals surface area contributed by atoms with Gasteiger partial charge < -0.3 is 14.4 Å². The average molecular weight is 250 g/mol. The van der Waals surface area contributed by atoms with Crippen molar-refractivity contribution in [3.8, 4) is 0 Å². The summed E-state index contributed by atoms with van der Waals surface area (Å²) in [6.07, 6.45) is -0.381. The summed E-state index contributed by atoms with van der Waals surface area (Å²) in [6, 6.07) is -0.593. The first-order valence-corrected chi connectivity index (χ1v) is 6.33. The van der Waals surface area contributed by atoms with E-state index in [0.29, 0.717) is 0 Å². The zero-order valence-corrected chi connectivity index (χ0v) is 10.5. The van der Waals surface area contributed by atoms with E-state index in [0.717, 1.165) is 4.90 Å². The number of carbonyl (C=O) groups is 2. The standard InChI is InChI=1S/C8H15N2O5P/c1-8(2)6(11)10(7(12)9-8)5-16(13,14-3)15-4/h5H2,1-4H3,(H,9,12). The molecule has 0 aromatic heterocycles. The predicted molar refractivity (Wildman–Crippen MR) is 55.9 cm³/mol. The molecule has 0 bridgehead atoms. The normalized spacial score (nSPS) is 20.1. The summed E-state index contributed by atoms with van der Waals surface area (Å²) in [5.74, 6) is -0.452. The third-order valence-electron chi connectivity index (χ3n) is 2.32. The van der Waals surface area contributed by atoms with Gasteiger partial charge in [-0.05, 0) is 13.8 Å². The predicted octanol–water partition coefficient (Wildman–Crippen LogP) is 0.760. The van der Waals surface area contributed by atoms with Crippen LogP contribution in [-0.2, 0) is 18.4 Å². The fourth-order valence-corrected chi connectivity index (χ4v) is 2.29. The molecule has 1 aliphatic rings. The first-order chi connectivity index (χ1) is 7.25. The van der Waals surface area contributed by atoms with Gasteiger partial charge >= 0.3 is 13.6 Å². The van der Waals surface area contributed by atoms with E-state index in [9.17, 15) is 14.2 Å². The Hall–Kier alpha value is -0.910. The molecule has 1 fully saturated rings. The Morgan fingerprint density at radius 3 is 2.12 bits per heavy atom. The van der Waals surface area contributed by atoms with Crippen molar-refractivity contribution in [2.24, 2.45) is 0 Å². The molecule has 0 aromatic carbocycles. The Balaban J connectivity index is 2.88. The molecule has 1 heterocycles. The van der Waals surface area contributed by atoms with Crippen molar-refractivity contribution in [2.75, 3.05) is 20.5 Å². The fraction of sp³-hybridized carbons (Fsp3) is 0.750. The van der Waals surface area contributed by atoms with Crippen LogP contribution in [0.4, 0.5) is 4.79 Å². The molecule has 1 rings (SSSR count). The molecule has 1 aliphatic heterocycles. The van der Waals surface area contributed by atoms with Gasteiger partial charge in [-0.25, -0.2) is 4.79 Å². The number of hydrogen-bond acceptors (Lipinski definition) is 5. The number of imide groups is 1. The molecule has 0 saturated carbocycles. The quantitative estimate of drug-likeness (QED) is 0.588. The van der Waals surface area contributed by atoms with Gasteiger partial charge in [0.05, 0.1) is 0 Å². The Morgan fingerprint density at radius 2 is 1.81 bits per heavy atom. The maximum atomic E-state index is 11.8. The third kappa shape index (κ3) is 2.26. The van der Waals surface area contributed by atoms with Crippen molar-refractivity contribution in [3.05, 3.63) is 0 Å². The van der Waals surface area contributed by atoms with Crippen LogP contribution in [0.25, 0.3) is 0 Å². The van der Waals surface area contributed by atoms with Gasteiger partial charge in [0.25, 0.3) is 5.91 Å². The van der Waals surface area contributed by atoms with E-state index in [4.69, 9.17) is 0 Å². The number of nitrogens with one attached hydrogen (secondary N) is 1. The van der Waals surface area contributed by atoms with E-state index in [1.165, 1.54) is 14.2 Å². The van der Waals surface area contributed by atoms with Gasteiger partial charge in [-0.15, -0.1) is 0 Å². The molecule has 0 aliphatic carbocycles. The number of amides is 3. The minimum atomic E-state index is -3.42. The monoisotopic (exact) mass is 250 g/mol. The summed E-state index contributed by atoms with van der Waals surface area (Å²) in [7, 11) is -1.01. The van der Waals surface area contributed by atoms with Crippen LogP contribution in [0.3, 0.4) is 0 Å². The van der Waals surface area contributed by atoms with Crippen LogP contribution >= 0.6 is 7.60 Å². The topological polar surface area (TPSA) is 84.9 Å². The van der Waals surface area contributed by atoms with Gasteiger partial charge in [-0.3, -0.25) is 14.3 Å². The molecule has 16 heavy (non-hydrogen) atoms. The van der Waals surface area contributed by atoms with Gasteiger partial charge in [-0.2, -0.15) is 0 Å². The van der Waals surface area contributed by atoms with Crippen molar-refractivity contribution in [2.45, 2.75) is 19.4 Å². The van der Waals surface area contributed by atoms with Gasteiger partial charge in [0, 0.05) is 14.2 Å². The van der Waals surface area contributed by atoms with Crippen LogP contribution in [-0.4, -0.2) is 42.9 Å². The molecule has 1 N–H and O–H groups in total. The number of carbonyl (C=O) groups excluding carboxylic acids is 2. The zero-order valence-electron chi connectivity index (χ0n) is 9.64. The van der Waals surface area contributed by atoms with E-state index in [-0.39, 0.29) is 6.29 Å². The summed E-state index contributed by atoms with van der Waals surface area (Å²) < 4.78 is 21.1. The lowest BCUT2D eigenvalue weighted by Gasteiger charge is -2.20. The molecule has 0 spiro atoms. The zero-order chi connectivity index (χ0) is 12.6. The molecule has 0 atom stereocenters. The molecular weight excluding hydrogens is 235 g/mol. The summed E-state index contributed by atoms with van der Waals surface area (Å²) >= 11 is 0. The molecule has 8 heteroatoms. The van der Waals surface area contributed by atoms with Crippen LogP contribution in [0, 0.1) is 0 Å². The number of hydrogen-bond donors (Lipinski definition) is 1. The second-order valence-corrected chi connectivity index (χ2v) is 6.14. The van der Waals surface area contributed by atoms with Gasteiger partial charge in [0.1, 0.15) is 11.8 Å². The average Bonchev–Trinajstić information content (AvgIpc) is 2.40. The van der Waals surface area contributed by atoms with E-state index in [2.05, 4.69) is 14.4 Å². The third-order valence-corrected chi connectivity index (χ3v) is 4.06. The van der Waals surface area contributed by atoms with E-state index in [1.54, 1.807) is 13.8 Å². The van der Waals surface area contributed by atoms with Crippen molar-refractivity contribution < 1.29 is 23.2 Å². The highest BCUT2D eigenvalue weighted by atomic mass is 31.2. The van der Waals surface area contributed by atoms with Gasteiger partial charge in [-0.1, -0.05) is 0 Å². The van der Waals surface area contributed by atoms with Crippen LogP contribution in [0.1, 0.15) is 13.8 Å². The summed E-state index contributed by atoms with van der Waals surface area (Å²) in [4.78, 5) is 24.1. The summed E-state index contributed by atoms with van der Waals surface area (Å²) in [6.45, 7) is 3.13.